The third-order valence-electron chi connectivity index (χ3n) is 3.70. The molecule has 3 unspecified atom stereocenters. The molecule has 0 aromatic rings. The standard InChI is InChI=1S/C12H23NS/c1-9-5-7-13-10-4-6-12(2,3)8-11(10)14-9/h9-11,13H,4-8H2,1-3H3. The van der Waals surface area contributed by atoms with Crippen LogP contribution in [0.25, 0.3) is 0 Å². The Balaban J connectivity index is 2.02. The van der Waals surface area contributed by atoms with Crippen LogP contribution in [-0.2, 0) is 0 Å². The maximum atomic E-state index is 3.73. The van der Waals surface area contributed by atoms with E-state index < -0.39 is 0 Å². The van der Waals surface area contributed by atoms with Gasteiger partial charge in [0.2, 0.25) is 0 Å². The van der Waals surface area contributed by atoms with Crippen molar-refractivity contribution in [1.29, 1.82) is 0 Å². The number of hydrogen-bond acceptors (Lipinski definition) is 2. The summed E-state index contributed by atoms with van der Waals surface area (Å²) in [5.74, 6) is 0. The van der Waals surface area contributed by atoms with Gasteiger partial charge in [-0.1, -0.05) is 20.8 Å². The van der Waals surface area contributed by atoms with Gasteiger partial charge in [0, 0.05) is 16.5 Å². The molecule has 0 amide bonds. The first kappa shape index (κ1) is 10.8. The van der Waals surface area contributed by atoms with E-state index in [1.807, 2.05) is 0 Å². The Kier molecular flexibility index (Phi) is 3.13. The molecule has 1 nitrogen and oxygen atoms in total. The molecule has 1 saturated heterocycles. The lowest BCUT2D eigenvalue weighted by Crippen LogP contribution is -2.43. The van der Waals surface area contributed by atoms with E-state index in [2.05, 4.69) is 37.8 Å². The molecule has 2 heteroatoms. The van der Waals surface area contributed by atoms with E-state index in [1.165, 1.54) is 32.2 Å². The molecular formula is C12H23NS. The maximum absolute atomic E-state index is 3.73. The number of rotatable bonds is 0. The lowest BCUT2D eigenvalue weighted by atomic mass is 9.75. The van der Waals surface area contributed by atoms with Gasteiger partial charge in [-0.3, -0.25) is 0 Å². The molecule has 2 fully saturated rings. The Morgan fingerprint density at radius 1 is 1.29 bits per heavy atom. The summed E-state index contributed by atoms with van der Waals surface area (Å²) in [5.41, 5.74) is 0.583. The van der Waals surface area contributed by atoms with Gasteiger partial charge in [0.1, 0.15) is 0 Å². The van der Waals surface area contributed by atoms with Crippen LogP contribution in [0.3, 0.4) is 0 Å². The molecule has 0 spiro atoms. The zero-order valence-corrected chi connectivity index (χ0v) is 10.5. The van der Waals surface area contributed by atoms with Crippen molar-refractivity contribution in [2.24, 2.45) is 5.41 Å². The molecule has 82 valence electrons. The summed E-state index contributed by atoms with van der Waals surface area (Å²) in [6.07, 6.45) is 5.53. The molecule has 2 rings (SSSR count). The normalized spacial score (nSPS) is 42.6. The average molecular weight is 213 g/mol. The Morgan fingerprint density at radius 3 is 2.86 bits per heavy atom. The molecule has 1 saturated carbocycles. The first-order chi connectivity index (χ1) is 6.57. The van der Waals surface area contributed by atoms with E-state index in [-0.39, 0.29) is 0 Å². The van der Waals surface area contributed by atoms with Crippen LogP contribution in [0.4, 0.5) is 0 Å². The van der Waals surface area contributed by atoms with E-state index in [1.54, 1.807) is 0 Å². The minimum Gasteiger partial charge on any atom is -0.313 e. The van der Waals surface area contributed by atoms with Gasteiger partial charge in [-0.05, 0) is 37.6 Å². The summed E-state index contributed by atoms with van der Waals surface area (Å²) in [7, 11) is 0. The van der Waals surface area contributed by atoms with Crippen LogP contribution >= 0.6 is 11.8 Å². The van der Waals surface area contributed by atoms with E-state index in [0.717, 1.165) is 16.5 Å². The molecule has 14 heavy (non-hydrogen) atoms. The predicted molar refractivity (Wildman–Crippen MR) is 64.9 cm³/mol. The molecule has 0 aromatic heterocycles. The highest BCUT2D eigenvalue weighted by Crippen LogP contribution is 2.42. The van der Waals surface area contributed by atoms with Gasteiger partial charge in [-0.15, -0.1) is 0 Å². The third-order valence-corrected chi connectivity index (χ3v) is 5.24. The summed E-state index contributed by atoms with van der Waals surface area (Å²) in [6.45, 7) is 8.48. The molecule has 1 heterocycles. The van der Waals surface area contributed by atoms with Crippen LogP contribution < -0.4 is 5.32 Å². The highest BCUT2D eigenvalue weighted by atomic mass is 32.2. The fraction of sp³-hybridized carbons (Fsp3) is 1.00. The summed E-state index contributed by atoms with van der Waals surface area (Å²) in [6, 6.07) is 0.804. The zero-order chi connectivity index (χ0) is 10.2. The smallest absolute Gasteiger partial charge is 0.0208 e. The van der Waals surface area contributed by atoms with Gasteiger partial charge in [0.25, 0.3) is 0 Å². The average Bonchev–Trinajstić information content (AvgIpc) is 2.23. The van der Waals surface area contributed by atoms with E-state index in [4.69, 9.17) is 0 Å². The van der Waals surface area contributed by atoms with Crippen molar-refractivity contribution in [3.8, 4) is 0 Å². The van der Waals surface area contributed by atoms with E-state index in [9.17, 15) is 0 Å². The van der Waals surface area contributed by atoms with E-state index in [0.29, 0.717) is 5.41 Å². The zero-order valence-electron chi connectivity index (χ0n) is 9.68. The largest absolute Gasteiger partial charge is 0.313 e. The Hall–Kier alpha value is 0.310. The molecule has 0 radical (unpaired) electrons. The van der Waals surface area contributed by atoms with Crippen molar-refractivity contribution in [2.75, 3.05) is 6.54 Å². The molecule has 1 aliphatic heterocycles. The van der Waals surface area contributed by atoms with Crippen LogP contribution in [-0.4, -0.2) is 23.1 Å². The fourth-order valence-electron chi connectivity index (χ4n) is 2.74. The topological polar surface area (TPSA) is 12.0 Å². The third kappa shape index (κ3) is 2.46. The van der Waals surface area contributed by atoms with Crippen LogP contribution in [0.5, 0.6) is 0 Å². The lowest BCUT2D eigenvalue weighted by molar-refractivity contribution is 0.216. The SMILES string of the molecule is CC1CCNC2CCC(C)(C)CC2S1. The first-order valence-electron chi connectivity index (χ1n) is 5.96. The minimum atomic E-state index is 0.583. The minimum absolute atomic E-state index is 0.583. The predicted octanol–water partition coefficient (Wildman–Crippen LogP) is 3.05. The molecular weight excluding hydrogens is 190 g/mol. The van der Waals surface area contributed by atoms with Crippen molar-refractivity contribution in [3.05, 3.63) is 0 Å². The lowest BCUT2D eigenvalue weighted by Gasteiger charge is -2.40. The van der Waals surface area contributed by atoms with Crippen LogP contribution in [0.1, 0.15) is 46.5 Å². The second-order valence-electron chi connectivity index (χ2n) is 5.74. The maximum Gasteiger partial charge on any atom is 0.0208 e. The highest BCUT2D eigenvalue weighted by molar-refractivity contribution is 8.00. The Bertz CT molecular complexity index is 202. The van der Waals surface area contributed by atoms with Crippen molar-refractivity contribution >= 4 is 11.8 Å². The molecule has 0 aromatic carbocycles. The quantitative estimate of drug-likeness (QED) is 0.664. The van der Waals surface area contributed by atoms with Crippen molar-refractivity contribution in [3.63, 3.8) is 0 Å². The van der Waals surface area contributed by atoms with Gasteiger partial charge in [0.05, 0.1) is 0 Å². The Morgan fingerprint density at radius 2 is 2.07 bits per heavy atom. The first-order valence-corrected chi connectivity index (χ1v) is 6.90. The van der Waals surface area contributed by atoms with Gasteiger partial charge in [-0.2, -0.15) is 11.8 Å². The summed E-state index contributed by atoms with van der Waals surface area (Å²) in [4.78, 5) is 0. The number of nitrogens with one attached hydrogen (secondary N) is 1. The number of hydrogen-bond donors (Lipinski definition) is 1. The van der Waals surface area contributed by atoms with Gasteiger partial charge >= 0.3 is 0 Å². The van der Waals surface area contributed by atoms with Crippen molar-refractivity contribution in [2.45, 2.75) is 63.0 Å². The molecule has 2 aliphatic rings. The van der Waals surface area contributed by atoms with Gasteiger partial charge < -0.3 is 5.32 Å². The van der Waals surface area contributed by atoms with E-state index >= 15 is 0 Å². The van der Waals surface area contributed by atoms with Crippen LogP contribution in [0.15, 0.2) is 0 Å². The molecule has 1 N–H and O–H groups in total. The number of fused-ring (bicyclic) bond motifs is 1. The van der Waals surface area contributed by atoms with Gasteiger partial charge in [-0.25, -0.2) is 0 Å². The second kappa shape index (κ2) is 4.05. The molecule has 0 bridgehead atoms. The van der Waals surface area contributed by atoms with Crippen molar-refractivity contribution in [1.82, 2.24) is 5.32 Å². The Labute approximate surface area is 92.4 Å². The highest BCUT2D eigenvalue weighted by Gasteiger charge is 2.36. The number of thioether (sulfide) groups is 1. The van der Waals surface area contributed by atoms with Crippen molar-refractivity contribution < 1.29 is 0 Å². The van der Waals surface area contributed by atoms with Gasteiger partial charge in [0.15, 0.2) is 0 Å². The van der Waals surface area contributed by atoms with Crippen LogP contribution in [0, 0.1) is 5.41 Å². The molecule has 1 aliphatic carbocycles. The fourth-order valence-corrected chi connectivity index (χ4v) is 4.56. The second-order valence-corrected chi connectivity index (χ2v) is 7.42. The molecule has 3 atom stereocenters. The summed E-state index contributed by atoms with van der Waals surface area (Å²) >= 11 is 2.23. The monoisotopic (exact) mass is 213 g/mol. The summed E-state index contributed by atoms with van der Waals surface area (Å²) < 4.78 is 0. The summed E-state index contributed by atoms with van der Waals surface area (Å²) in [5, 5.41) is 5.46. The van der Waals surface area contributed by atoms with Crippen LogP contribution in [0.2, 0.25) is 0 Å².